The molecule has 0 radical (unpaired) electrons. The van der Waals surface area contributed by atoms with Crippen molar-refractivity contribution in [3.63, 3.8) is 0 Å². The molecule has 0 aliphatic heterocycles. The summed E-state index contributed by atoms with van der Waals surface area (Å²) in [6.45, 7) is 5.74. The van der Waals surface area contributed by atoms with Gasteiger partial charge in [-0.15, -0.1) is 0 Å². The van der Waals surface area contributed by atoms with Gasteiger partial charge in [-0.3, -0.25) is 10.2 Å². The van der Waals surface area contributed by atoms with E-state index in [9.17, 15) is 4.79 Å². The van der Waals surface area contributed by atoms with Crippen molar-refractivity contribution in [1.29, 1.82) is 0 Å². The van der Waals surface area contributed by atoms with Gasteiger partial charge in [-0.2, -0.15) is 15.4 Å². The smallest absolute Gasteiger partial charge is 0.286 e. The molecule has 0 bridgehead atoms. The largest absolute Gasteiger partial charge is 0.287 e. The molecule has 1 heterocycles. The molecule has 0 fully saturated rings. The van der Waals surface area contributed by atoms with E-state index >= 15 is 0 Å². The van der Waals surface area contributed by atoms with Crippen molar-refractivity contribution in [3.05, 3.63) is 11.4 Å². The Kier molecular flexibility index (Phi) is 3.58. The molecule has 3 N–H and O–H groups in total. The maximum atomic E-state index is 11.5. The summed E-state index contributed by atoms with van der Waals surface area (Å²) >= 11 is 0. The number of amides is 1. The molecule has 0 saturated carbocycles. The molecule has 78 valence electrons. The van der Waals surface area contributed by atoms with Crippen molar-refractivity contribution >= 4 is 5.91 Å². The molecule has 1 aromatic heterocycles. The molecule has 6 nitrogen and oxygen atoms in total. The van der Waals surface area contributed by atoms with Gasteiger partial charge in [0.25, 0.3) is 5.91 Å². The molecule has 0 aliphatic rings. The van der Waals surface area contributed by atoms with Crippen LogP contribution in [0.4, 0.5) is 0 Å². The number of H-pyrrole nitrogens is 1. The quantitative estimate of drug-likeness (QED) is 0.600. The second-order valence-corrected chi connectivity index (χ2v) is 3.17. The second kappa shape index (κ2) is 4.71. The SMILES string of the molecule is CC[C@@H](C)NNC(=O)c1n[nH]nc1C. The van der Waals surface area contributed by atoms with Gasteiger partial charge in [-0.25, -0.2) is 5.43 Å². The van der Waals surface area contributed by atoms with E-state index in [0.29, 0.717) is 11.4 Å². The Morgan fingerprint density at radius 3 is 2.79 bits per heavy atom. The molecule has 6 heteroatoms. The van der Waals surface area contributed by atoms with Crippen molar-refractivity contribution < 1.29 is 4.79 Å². The lowest BCUT2D eigenvalue weighted by molar-refractivity contribution is 0.0920. The van der Waals surface area contributed by atoms with E-state index < -0.39 is 0 Å². The van der Waals surface area contributed by atoms with Crippen LogP contribution in [0.2, 0.25) is 0 Å². The van der Waals surface area contributed by atoms with Crippen molar-refractivity contribution in [2.75, 3.05) is 0 Å². The number of carbonyl (C=O) groups is 1. The van der Waals surface area contributed by atoms with E-state index in [4.69, 9.17) is 0 Å². The van der Waals surface area contributed by atoms with Crippen LogP contribution in [0, 0.1) is 6.92 Å². The van der Waals surface area contributed by atoms with E-state index in [0.717, 1.165) is 6.42 Å². The van der Waals surface area contributed by atoms with Crippen molar-refractivity contribution in [1.82, 2.24) is 26.3 Å². The fourth-order valence-corrected chi connectivity index (χ4v) is 0.849. The first-order valence-corrected chi connectivity index (χ1v) is 4.58. The Morgan fingerprint density at radius 2 is 2.29 bits per heavy atom. The topological polar surface area (TPSA) is 82.7 Å². The first-order valence-electron chi connectivity index (χ1n) is 4.58. The second-order valence-electron chi connectivity index (χ2n) is 3.17. The predicted molar refractivity (Wildman–Crippen MR) is 51.5 cm³/mol. The number of carbonyl (C=O) groups excluding carboxylic acids is 1. The Hall–Kier alpha value is -1.43. The maximum absolute atomic E-state index is 11.5. The predicted octanol–water partition coefficient (Wildman–Crippen LogP) is 0.146. The van der Waals surface area contributed by atoms with E-state index in [2.05, 4.69) is 26.3 Å². The lowest BCUT2D eigenvalue weighted by Gasteiger charge is -2.11. The van der Waals surface area contributed by atoms with Gasteiger partial charge in [-0.05, 0) is 20.3 Å². The molecule has 0 aliphatic carbocycles. The molecule has 1 aromatic rings. The number of aromatic amines is 1. The van der Waals surface area contributed by atoms with Crippen LogP contribution in [0.5, 0.6) is 0 Å². The summed E-state index contributed by atoms with van der Waals surface area (Å²) in [6.07, 6.45) is 0.943. The minimum absolute atomic E-state index is 0.242. The minimum atomic E-state index is -0.267. The summed E-state index contributed by atoms with van der Waals surface area (Å²) in [6, 6.07) is 0.242. The number of aromatic nitrogens is 3. The maximum Gasteiger partial charge on any atom is 0.287 e. The summed E-state index contributed by atoms with van der Waals surface area (Å²) in [5.41, 5.74) is 6.34. The molecule has 0 spiro atoms. The molecular formula is C8H15N5O. The first-order chi connectivity index (χ1) is 6.65. The lowest BCUT2D eigenvalue weighted by Crippen LogP contribution is -2.43. The fourth-order valence-electron chi connectivity index (χ4n) is 0.849. The van der Waals surface area contributed by atoms with Crippen LogP contribution >= 0.6 is 0 Å². The highest BCUT2D eigenvalue weighted by molar-refractivity contribution is 5.92. The van der Waals surface area contributed by atoms with Gasteiger partial charge in [0, 0.05) is 6.04 Å². The average Bonchev–Trinajstić information content (AvgIpc) is 2.60. The molecule has 0 saturated heterocycles. The summed E-state index contributed by atoms with van der Waals surface area (Å²) in [7, 11) is 0. The third-order valence-corrected chi connectivity index (χ3v) is 1.98. The van der Waals surface area contributed by atoms with Gasteiger partial charge in [0.1, 0.15) is 0 Å². The van der Waals surface area contributed by atoms with E-state index in [1.807, 2.05) is 13.8 Å². The highest BCUT2D eigenvalue weighted by atomic mass is 16.2. The van der Waals surface area contributed by atoms with Crippen LogP contribution in [-0.4, -0.2) is 27.4 Å². The molecule has 1 rings (SSSR count). The first kappa shape index (κ1) is 10.6. The molecule has 0 unspecified atom stereocenters. The monoisotopic (exact) mass is 197 g/mol. The van der Waals surface area contributed by atoms with E-state index in [-0.39, 0.29) is 11.9 Å². The highest BCUT2D eigenvalue weighted by Gasteiger charge is 2.12. The Morgan fingerprint density at radius 1 is 1.57 bits per heavy atom. The number of aryl methyl sites for hydroxylation is 1. The molecule has 0 aromatic carbocycles. The van der Waals surface area contributed by atoms with Gasteiger partial charge >= 0.3 is 0 Å². The Labute approximate surface area is 82.4 Å². The van der Waals surface area contributed by atoms with E-state index in [1.165, 1.54) is 0 Å². The Bertz CT molecular complexity index is 308. The summed E-state index contributed by atoms with van der Waals surface area (Å²) < 4.78 is 0. The van der Waals surface area contributed by atoms with Crippen LogP contribution in [-0.2, 0) is 0 Å². The molecule has 1 atom stereocenters. The summed E-state index contributed by atoms with van der Waals surface area (Å²) in [5.74, 6) is -0.267. The van der Waals surface area contributed by atoms with Gasteiger partial charge < -0.3 is 0 Å². The summed E-state index contributed by atoms with van der Waals surface area (Å²) in [5, 5.41) is 9.88. The zero-order chi connectivity index (χ0) is 10.6. The third-order valence-electron chi connectivity index (χ3n) is 1.98. The van der Waals surface area contributed by atoms with Gasteiger partial charge in [-0.1, -0.05) is 6.92 Å². The van der Waals surface area contributed by atoms with Crippen molar-refractivity contribution in [2.45, 2.75) is 33.2 Å². The van der Waals surface area contributed by atoms with Gasteiger partial charge in [0.15, 0.2) is 5.69 Å². The van der Waals surface area contributed by atoms with Crippen LogP contribution in [0.15, 0.2) is 0 Å². The van der Waals surface area contributed by atoms with Crippen LogP contribution in [0.25, 0.3) is 0 Å². The van der Waals surface area contributed by atoms with Crippen LogP contribution in [0.3, 0.4) is 0 Å². The minimum Gasteiger partial charge on any atom is -0.286 e. The van der Waals surface area contributed by atoms with Crippen LogP contribution < -0.4 is 10.9 Å². The number of hydrogen-bond acceptors (Lipinski definition) is 4. The zero-order valence-electron chi connectivity index (χ0n) is 8.59. The molecule has 14 heavy (non-hydrogen) atoms. The number of hydrazine groups is 1. The zero-order valence-corrected chi connectivity index (χ0v) is 8.59. The van der Waals surface area contributed by atoms with Crippen molar-refractivity contribution in [3.8, 4) is 0 Å². The van der Waals surface area contributed by atoms with Gasteiger partial charge in [0.05, 0.1) is 5.69 Å². The molecule has 1 amide bonds. The van der Waals surface area contributed by atoms with E-state index in [1.54, 1.807) is 6.92 Å². The number of nitrogens with zero attached hydrogens (tertiary/aromatic N) is 2. The van der Waals surface area contributed by atoms with Gasteiger partial charge in [0.2, 0.25) is 0 Å². The standard InChI is InChI=1S/C8H15N5O/c1-4-5(2)9-12-8(14)7-6(3)10-13-11-7/h5,9H,4H2,1-3H3,(H,12,14)(H,10,11,13)/t5-/m1/s1. The lowest BCUT2D eigenvalue weighted by atomic mass is 10.3. The normalized spacial score (nSPS) is 12.5. The Balaban J connectivity index is 2.47. The number of rotatable bonds is 4. The summed E-state index contributed by atoms with van der Waals surface area (Å²) in [4.78, 5) is 11.5. The van der Waals surface area contributed by atoms with Crippen molar-refractivity contribution in [2.24, 2.45) is 0 Å². The number of nitrogens with one attached hydrogen (secondary N) is 3. The van der Waals surface area contributed by atoms with Crippen LogP contribution in [0.1, 0.15) is 36.5 Å². The third kappa shape index (κ3) is 2.53. The number of hydrogen-bond donors (Lipinski definition) is 3. The highest BCUT2D eigenvalue weighted by Crippen LogP contribution is 1.97. The fraction of sp³-hybridized carbons (Fsp3) is 0.625. The molecular weight excluding hydrogens is 182 g/mol. The average molecular weight is 197 g/mol.